The number of aromatic nitrogens is 2. The molecule has 2 heterocycles. The van der Waals surface area contributed by atoms with Crippen LogP contribution in [0.1, 0.15) is 39.5 Å². The van der Waals surface area contributed by atoms with E-state index in [1.165, 1.54) is 12.1 Å². The van der Waals surface area contributed by atoms with E-state index in [4.69, 9.17) is 9.15 Å². The molecule has 3 rings (SSSR count). The lowest BCUT2D eigenvalue weighted by Crippen LogP contribution is -2.45. The van der Waals surface area contributed by atoms with Gasteiger partial charge in [-0.15, -0.1) is 10.2 Å². The largest absolute Gasteiger partial charge is 0.444 e. The number of nitrogens with one attached hydrogen (secondary N) is 1. The van der Waals surface area contributed by atoms with Crippen LogP contribution in [0.25, 0.3) is 11.5 Å². The first kappa shape index (κ1) is 20.7. The monoisotopic (exact) mass is 403 g/mol. The van der Waals surface area contributed by atoms with Crippen molar-refractivity contribution in [3.63, 3.8) is 0 Å². The van der Waals surface area contributed by atoms with E-state index in [1.54, 1.807) is 12.1 Å². The maximum atomic E-state index is 11.9. The number of piperidine rings is 1. The number of nitro benzene ring substituents is 1. The Balaban J connectivity index is 1.49. The van der Waals surface area contributed by atoms with Gasteiger partial charge in [0.05, 0.1) is 11.5 Å². The first-order chi connectivity index (χ1) is 13.7. The minimum Gasteiger partial charge on any atom is -0.444 e. The van der Waals surface area contributed by atoms with Crippen LogP contribution in [0.5, 0.6) is 0 Å². The third-order valence-electron chi connectivity index (χ3n) is 4.46. The van der Waals surface area contributed by atoms with Crippen molar-refractivity contribution in [2.45, 2.75) is 51.8 Å². The third kappa shape index (κ3) is 5.98. The van der Waals surface area contributed by atoms with E-state index in [0.717, 1.165) is 25.9 Å². The van der Waals surface area contributed by atoms with Gasteiger partial charge in [0.25, 0.3) is 5.69 Å². The molecule has 0 atom stereocenters. The molecule has 156 valence electrons. The van der Waals surface area contributed by atoms with Crippen LogP contribution in [-0.2, 0) is 11.3 Å². The van der Waals surface area contributed by atoms with E-state index in [2.05, 4.69) is 20.4 Å². The van der Waals surface area contributed by atoms with E-state index in [0.29, 0.717) is 23.9 Å². The molecule has 0 radical (unpaired) electrons. The summed E-state index contributed by atoms with van der Waals surface area (Å²) in [5, 5.41) is 21.7. The van der Waals surface area contributed by atoms with Crippen molar-refractivity contribution < 1.29 is 18.9 Å². The van der Waals surface area contributed by atoms with E-state index in [9.17, 15) is 14.9 Å². The first-order valence-electron chi connectivity index (χ1n) is 9.49. The molecular formula is C19H25N5O5. The van der Waals surface area contributed by atoms with Gasteiger partial charge in [-0.25, -0.2) is 4.79 Å². The van der Waals surface area contributed by atoms with Crippen molar-refractivity contribution >= 4 is 11.8 Å². The number of likely N-dealkylation sites (tertiary alicyclic amines) is 1. The van der Waals surface area contributed by atoms with Gasteiger partial charge in [0.1, 0.15) is 5.60 Å². The highest BCUT2D eigenvalue weighted by Gasteiger charge is 2.24. The normalized spacial score (nSPS) is 15.8. The molecule has 0 spiro atoms. The summed E-state index contributed by atoms with van der Waals surface area (Å²) in [6.07, 6.45) is 1.23. The van der Waals surface area contributed by atoms with Crippen molar-refractivity contribution in [3.05, 3.63) is 40.3 Å². The quantitative estimate of drug-likeness (QED) is 0.596. The average Bonchev–Trinajstić information content (AvgIpc) is 3.10. The van der Waals surface area contributed by atoms with Crippen LogP contribution in [0.3, 0.4) is 0 Å². The number of hydrogen-bond donors (Lipinski definition) is 1. The second kappa shape index (κ2) is 8.56. The molecule has 1 fully saturated rings. The standard InChI is InChI=1S/C19H25N5O5/c1-19(2,3)29-18(25)20-14-8-10-23(11-9-14)12-16-21-22-17(28-16)13-4-6-15(7-5-13)24(26)27/h4-7,14H,8-12H2,1-3H3,(H,20,25). The number of nitro groups is 1. The number of rotatable bonds is 5. The van der Waals surface area contributed by atoms with Gasteiger partial charge in [-0.05, 0) is 45.7 Å². The Bertz CT molecular complexity index is 851. The fourth-order valence-electron chi connectivity index (χ4n) is 3.06. The van der Waals surface area contributed by atoms with Crippen molar-refractivity contribution in [3.8, 4) is 11.5 Å². The number of amides is 1. The zero-order chi connectivity index (χ0) is 21.0. The second-order valence-corrected chi connectivity index (χ2v) is 8.00. The van der Waals surface area contributed by atoms with Gasteiger partial charge in [0, 0.05) is 36.8 Å². The van der Waals surface area contributed by atoms with Gasteiger partial charge in [-0.3, -0.25) is 15.0 Å². The van der Waals surface area contributed by atoms with Crippen LogP contribution >= 0.6 is 0 Å². The molecule has 29 heavy (non-hydrogen) atoms. The summed E-state index contributed by atoms with van der Waals surface area (Å²) in [5.74, 6) is 0.813. The van der Waals surface area contributed by atoms with Crippen molar-refractivity contribution in [1.29, 1.82) is 0 Å². The molecular weight excluding hydrogens is 378 g/mol. The lowest BCUT2D eigenvalue weighted by molar-refractivity contribution is -0.384. The maximum Gasteiger partial charge on any atom is 0.407 e. The van der Waals surface area contributed by atoms with Crippen LogP contribution in [0, 0.1) is 10.1 Å². The Morgan fingerprint density at radius 3 is 2.52 bits per heavy atom. The molecule has 1 aliphatic heterocycles. The number of hydrogen-bond acceptors (Lipinski definition) is 8. The lowest BCUT2D eigenvalue weighted by atomic mass is 10.1. The minimum absolute atomic E-state index is 0.0105. The Morgan fingerprint density at radius 1 is 1.28 bits per heavy atom. The van der Waals surface area contributed by atoms with Gasteiger partial charge >= 0.3 is 6.09 Å². The van der Waals surface area contributed by atoms with E-state index >= 15 is 0 Å². The molecule has 1 aromatic carbocycles. The van der Waals surface area contributed by atoms with E-state index < -0.39 is 10.5 Å². The van der Waals surface area contributed by atoms with Crippen molar-refractivity contribution in [2.24, 2.45) is 0 Å². The molecule has 0 bridgehead atoms. The number of alkyl carbamates (subject to hydrolysis) is 1. The molecule has 1 saturated heterocycles. The highest BCUT2D eigenvalue weighted by Crippen LogP contribution is 2.22. The first-order valence-corrected chi connectivity index (χ1v) is 9.49. The van der Waals surface area contributed by atoms with E-state index in [1.807, 2.05) is 20.8 Å². The average molecular weight is 403 g/mol. The predicted octanol–water partition coefficient (Wildman–Crippen LogP) is 3.13. The fourth-order valence-corrected chi connectivity index (χ4v) is 3.06. The highest BCUT2D eigenvalue weighted by atomic mass is 16.6. The number of benzene rings is 1. The predicted molar refractivity (Wildman–Crippen MR) is 104 cm³/mol. The van der Waals surface area contributed by atoms with Gasteiger partial charge in [-0.1, -0.05) is 0 Å². The third-order valence-corrected chi connectivity index (χ3v) is 4.46. The molecule has 1 amide bonds. The summed E-state index contributed by atoms with van der Waals surface area (Å²) in [6.45, 7) is 7.60. The number of non-ortho nitro benzene ring substituents is 1. The van der Waals surface area contributed by atoms with E-state index in [-0.39, 0.29) is 17.8 Å². The van der Waals surface area contributed by atoms with Crippen LogP contribution in [0.15, 0.2) is 28.7 Å². The topological polar surface area (TPSA) is 124 Å². The van der Waals surface area contributed by atoms with Crippen molar-refractivity contribution in [1.82, 2.24) is 20.4 Å². The van der Waals surface area contributed by atoms with Crippen LogP contribution in [0.2, 0.25) is 0 Å². The molecule has 1 aromatic heterocycles. The van der Waals surface area contributed by atoms with Crippen LogP contribution in [0.4, 0.5) is 10.5 Å². The van der Waals surface area contributed by atoms with Gasteiger partial charge in [0.15, 0.2) is 0 Å². The van der Waals surface area contributed by atoms with Gasteiger partial charge in [0.2, 0.25) is 11.8 Å². The minimum atomic E-state index is -0.510. The summed E-state index contributed by atoms with van der Waals surface area (Å²) < 4.78 is 11.0. The van der Waals surface area contributed by atoms with Crippen LogP contribution in [-0.4, -0.2) is 50.8 Å². The molecule has 0 aliphatic carbocycles. The lowest BCUT2D eigenvalue weighted by Gasteiger charge is -2.31. The van der Waals surface area contributed by atoms with Gasteiger partial charge < -0.3 is 14.5 Å². The summed E-state index contributed by atoms with van der Waals surface area (Å²) in [6, 6.07) is 6.06. The zero-order valence-electron chi connectivity index (χ0n) is 16.8. The fraction of sp³-hybridized carbons (Fsp3) is 0.526. The Labute approximate surface area is 168 Å². The number of nitrogens with zero attached hydrogens (tertiary/aromatic N) is 4. The molecule has 10 nitrogen and oxygen atoms in total. The molecule has 2 aromatic rings. The van der Waals surface area contributed by atoms with Crippen LogP contribution < -0.4 is 5.32 Å². The Morgan fingerprint density at radius 2 is 1.93 bits per heavy atom. The smallest absolute Gasteiger partial charge is 0.407 e. The molecule has 0 unspecified atom stereocenters. The molecule has 0 saturated carbocycles. The zero-order valence-corrected chi connectivity index (χ0v) is 16.8. The second-order valence-electron chi connectivity index (χ2n) is 8.00. The Hall–Kier alpha value is -3.01. The molecule has 1 N–H and O–H groups in total. The Kier molecular flexibility index (Phi) is 6.12. The summed E-state index contributed by atoms with van der Waals surface area (Å²) in [7, 11) is 0. The molecule has 10 heteroatoms. The number of carbonyl (C=O) groups excluding carboxylic acids is 1. The highest BCUT2D eigenvalue weighted by molar-refractivity contribution is 5.68. The number of carbonyl (C=O) groups is 1. The number of ether oxygens (including phenoxy) is 1. The molecule has 1 aliphatic rings. The maximum absolute atomic E-state index is 11.9. The summed E-state index contributed by atoms with van der Waals surface area (Å²) in [4.78, 5) is 24.3. The van der Waals surface area contributed by atoms with Crippen molar-refractivity contribution in [2.75, 3.05) is 13.1 Å². The van der Waals surface area contributed by atoms with Gasteiger partial charge in [-0.2, -0.15) is 0 Å². The summed E-state index contributed by atoms with van der Waals surface area (Å²) >= 11 is 0. The summed E-state index contributed by atoms with van der Waals surface area (Å²) in [5.41, 5.74) is 0.135. The SMILES string of the molecule is CC(C)(C)OC(=O)NC1CCN(Cc2nnc(-c3ccc([N+](=O)[O-])cc3)o2)CC1.